The van der Waals surface area contributed by atoms with E-state index in [9.17, 15) is 19.2 Å². The summed E-state index contributed by atoms with van der Waals surface area (Å²) in [5, 5.41) is 0. The summed E-state index contributed by atoms with van der Waals surface area (Å²) in [7, 11) is 0. The first kappa shape index (κ1) is 24.6. The van der Waals surface area contributed by atoms with E-state index < -0.39 is 47.0 Å². The Balaban J connectivity index is 2.22. The van der Waals surface area contributed by atoms with E-state index >= 15 is 0 Å². The summed E-state index contributed by atoms with van der Waals surface area (Å²) in [5.41, 5.74) is -2.96. The fourth-order valence-electron chi connectivity index (χ4n) is 3.05. The third-order valence-corrected chi connectivity index (χ3v) is 4.47. The minimum absolute atomic E-state index is 0.0496. The van der Waals surface area contributed by atoms with Crippen LogP contribution in [-0.2, 0) is 18.9 Å². The van der Waals surface area contributed by atoms with E-state index in [2.05, 4.69) is 0 Å². The molecule has 174 valence electrons. The number of carbonyl (C=O) groups excluding carboxylic acids is 2. The lowest BCUT2D eigenvalue weighted by Crippen LogP contribution is -2.47. The van der Waals surface area contributed by atoms with Crippen molar-refractivity contribution in [2.24, 2.45) is 5.92 Å². The molecule has 2 unspecified atom stereocenters. The highest BCUT2D eigenvalue weighted by atomic mass is 16.7. The van der Waals surface area contributed by atoms with Gasteiger partial charge in [-0.05, 0) is 60.8 Å². The molecular formula is C21H32N2O8. The van der Waals surface area contributed by atoms with Gasteiger partial charge in [0.05, 0.1) is 6.10 Å². The molecule has 2 heterocycles. The molecule has 0 radical (unpaired) electrons. The summed E-state index contributed by atoms with van der Waals surface area (Å²) < 4.78 is 23.0. The van der Waals surface area contributed by atoms with Crippen LogP contribution in [0.25, 0.3) is 0 Å². The molecule has 0 aliphatic carbocycles. The average molecular weight is 440 g/mol. The fraction of sp³-hybridized carbons (Fsp3) is 0.714. The quantitative estimate of drug-likeness (QED) is 0.659. The van der Waals surface area contributed by atoms with Gasteiger partial charge in [-0.2, -0.15) is 4.57 Å². The standard InChI is InChI=1S/C21H32N2O8/c1-12-9-15(29-14(12)11-28-19(27)31-21(6,7)8)22-10-13(2)16(24)23(17(22)25)18(26)30-20(3,4)5/h10,12,14-15H,9,11H2,1-8H3/t12-,14?,15?/m1/s1. The van der Waals surface area contributed by atoms with Gasteiger partial charge in [0.25, 0.3) is 5.56 Å². The molecule has 1 aliphatic rings. The molecular weight excluding hydrogens is 408 g/mol. The van der Waals surface area contributed by atoms with Crippen molar-refractivity contribution in [3.63, 3.8) is 0 Å². The van der Waals surface area contributed by atoms with Gasteiger partial charge in [-0.25, -0.2) is 14.4 Å². The van der Waals surface area contributed by atoms with Gasteiger partial charge in [0, 0.05) is 11.8 Å². The zero-order valence-corrected chi connectivity index (χ0v) is 19.4. The number of aromatic nitrogens is 2. The maximum Gasteiger partial charge on any atom is 0.508 e. The normalized spacial score (nSPS) is 21.6. The van der Waals surface area contributed by atoms with Gasteiger partial charge in [-0.1, -0.05) is 6.92 Å². The number of carbonyl (C=O) groups is 2. The van der Waals surface area contributed by atoms with Crippen LogP contribution < -0.4 is 11.2 Å². The maximum atomic E-state index is 12.9. The highest BCUT2D eigenvalue weighted by Gasteiger charge is 2.36. The molecule has 10 heteroatoms. The van der Waals surface area contributed by atoms with Crippen molar-refractivity contribution in [3.8, 4) is 0 Å². The third-order valence-electron chi connectivity index (χ3n) is 4.47. The number of hydrogen-bond acceptors (Lipinski definition) is 8. The second-order valence-electron chi connectivity index (χ2n) is 9.74. The van der Waals surface area contributed by atoms with Crippen molar-refractivity contribution in [3.05, 3.63) is 32.6 Å². The number of hydrogen-bond donors (Lipinski definition) is 0. The zero-order chi connectivity index (χ0) is 23.7. The molecule has 1 fully saturated rings. The summed E-state index contributed by atoms with van der Waals surface area (Å²) in [6.07, 6.45) is -1.28. The number of ether oxygens (including phenoxy) is 4. The Bertz CT molecular complexity index is 948. The zero-order valence-electron chi connectivity index (χ0n) is 19.4. The second-order valence-corrected chi connectivity index (χ2v) is 9.74. The molecule has 3 atom stereocenters. The summed E-state index contributed by atoms with van der Waals surface area (Å²) >= 11 is 0. The predicted octanol–water partition coefficient (Wildman–Crippen LogP) is 2.98. The van der Waals surface area contributed by atoms with Gasteiger partial charge in [-0.3, -0.25) is 9.36 Å². The summed E-state index contributed by atoms with van der Waals surface area (Å²) in [4.78, 5) is 49.6. The Morgan fingerprint density at radius 2 is 1.68 bits per heavy atom. The lowest BCUT2D eigenvalue weighted by Gasteiger charge is -2.22. The first-order valence-electron chi connectivity index (χ1n) is 10.2. The van der Waals surface area contributed by atoms with E-state index in [0.717, 1.165) is 0 Å². The van der Waals surface area contributed by atoms with E-state index in [1.807, 2.05) is 6.92 Å². The molecule has 10 nitrogen and oxygen atoms in total. The van der Waals surface area contributed by atoms with Crippen LogP contribution in [0.5, 0.6) is 0 Å². The van der Waals surface area contributed by atoms with Crippen LogP contribution >= 0.6 is 0 Å². The molecule has 2 rings (SSSR count). The van der Waals surface area contributed by atoms with Crippen molar-refractivity contribution in [1.82, 2.24) is 9.13 Å². The molecule has 1 aromatic heterocycles. The first-order valence-corrected chi connectivity index (χ1v) is 10.2. The third kappa shape index (κ3) is 6.43. The van der Waals surface area contributed by atoms with Gasteiger partial charge in [0.15, 0.2) is 0 Å². The molecule has 0 aromatic carbocycles. The van der Waals surface area contributed by atoms with Crippen molar-refractivity contribution in [1.29, 1.82) is 0 Å². The Labute approximate surface area is 181 Å². The molecule has 0 saturated carbocycles. The minimum Gasteiger partial charge on any atom is -0.443 e. The SMILES string of the molecule is Cc1cn(C2C[C@@H](C)C(COC(=O)OC(C)(C)C)O2)c(=O)n(C(=O)OC(C)(C)C)c1=O. The van der Waals surface area contributed by atoms with E-state index in [0.29, 0.717) is 11.0 Å². The lowest BCUT2D eigenvalue weighted by atomic mass is 10.0. The van der Waals surface area contributed by atoms with Gasteiger partial charge in [0.1, 0.15) is 24.0 Å². The Morgan fingerprint density at radius 3 is 2.23 bits per heavy atom. The highest BCUT2D eigenvalue weighted by Crippen LogP contribution is 2.32. The molecule has 0 bridgehead atoms. The molecule has 0 N–H and O–H groups in total. The minimum atomic E-state index is -1.05. The van der Waals surface area contributed by atoms with Gasteiger partial charge in [0.2, 0.25) is 0 Å². The topological polar surface area (TPSA) is 115 Å². The van der Waals surface area contributed by atoms with E-state index in [1.165, 1.54) is 17.7 Å². The average Bonchev–Trinajstić information content (AvgIpc) is 2.94. The first-order chi connectivity index (χ1) is 14.1. The van der Waals surface area contributed by atoms with Gasteiger partial charge < -0.3 is 18.9 Å². The molecule has 1 saturated heterocycles. The Kier molecular flexibility index (Phi) is 7.04. The van der Waals surface area contributed by atoms with Crippen LogP contribution in [0.1, 0.15) is 66.7 Å². The molecule has 1 aromatic rings. The summed E-state index contributed by atoms with van der Waals surface area (Å²) in [6.45, 7) is 13.5. The van der Waals surface area contributed by atoms with Crippen molar-refractivity contribution >= 4 is 12.2 Å². The van der Waals surface area contributed by atoms with Crippen molar-refractivity contribution in [2.45, 2.75) is 85.3 Å². The van der Waals surface area contributed by atoms with Crippen LogP contribution in [0.2, 0.25) is 0 Å². The van der Waals surface area contributed by atoms with Crippen LogP contribution in [0.4, 0.5) is 9.59 Å². The van der Waals surface area contributed by atoms with Crippen LogP contribution in [-0.4, -0.2) is 45.3 Å². The molecule has 1 aliphatic heterocycles. The predicted molar refractivity (Wildman–Crippen MR) is 111 cm³/mol. The van der Waals surface area contributed by atoms with E-state index in [-0.39, 0.29) is 18.1 Å². The van der Waals surface area contributed by atoms with Crippen LogP contribution in [0.15, 0.2) is 15.8 Å². The number of rotatable bonds is 3. The van der Waals surface area contributed by atoms with Crippen molar-refractivity contribution < 1.29 is 28.5 Å². The number of aryl methyl sites for hydroxylation is 1. The van der Waals surface area contributed by atoms with Crippen molar-refractivity contribution in [2.75, 3.05) is 6.61 Å². The molecule has 0 amide bonds. The molecule has 31 heavy (non-hydrogen) atoms. The second kappa shape index (κ2) is 8.86. The van der Waals surface area contributed by atoms with Crippen LogP contribution in [0.3, 0.4) is 0 Å². The van der Waals surface area contributed by atoms with Crippen LogP contribution in [0, 0.1) is 12.8 Å². The van der Waals surface area contributed by atoms with Gasteiger partial charge >= 0.3 is 17.9 Å². The monoisotopic (exact) mass is 440 g/mol. The fourth-order valence-corrected chi connectivity index (χ4v) is 3.05. The van der Waals surface area contributed by atoms with E-state index in [1.54, 1.807) is 41.5 Å². The maximum absolute atomic E-state index is 12.9. The Hall–Kier alpha value is -2.62. The smallest absolute Gasteiger partial charge is 0.443 e. The lowest BCUT2D eigenvalue weighted by molar-refractivity contribution is -0.0598. The van der Waals surface area contributed by atoms with Gasteiger partial charge in [-0.15, -0.1) is 0 Å². The number of nitrogens with zero attached hydrogens (tertiary/aromatic N) is 2. The summed E-state index contributed by atoms with van der Waals surface area (Å²) in [5.74, 6) is -0.0541. The summed E-state index contributed by atoms with van der Waals surface area (Å²) in [6, 6.07) is 0. The molecule has 0 spiro atoms. The van der Waals surface area contributed by atoms with E-state index in [4.69, 9.17) is 18.9 Å². The highest BCUT2D eigenvalue weighted by molar-refractivity contribution is 5.70. The largest absolute Gasteiger partial charge is 0.508 e. The Morgan fingerprint density at radius 1 is 1.10 bits per heavy atom.